The summed E-state index contributed by atoms with van der Waals surface area (Å²) in [4.78, 5) is 0.230. The minimum absolute atomic E-state index is 0.230. The van der Waals surface area contributed by atoms with Gasteiger partial charge in [0.05, 0.1) is 10.5 Å². The van der Waals surface area contributed by atoms with Crippen molar-refractivity contribution in [3.8, 4) is 33.6 Å². The Morgan fingerprint density at radius 3 is 2.09 bits per heavy atom. The molecule has 7 heteroatoms. The molecule has 0 aliphatic carbocycles. The van der Waals surface area contributed by atoms with Crippen LogP contribution < -0.4 is 0 Å². The molecule has 0 aliphatic heterocycles. The van der Waals surface area contributed by atoms with E-state index < -0.39 is 9.84 Å². The highest BCUT2D eigenvalue weighted by Gasteiger charge is 2.24. The SMILES string of the molecule is Cc1oc2c(-c3ccc(F)cc3)c(-c3ccc(S(C)(=O)=O)cc3)nn2c1-c1ccccc1. The maximum Gasteiger partial charge on any atom is 0.230 e. The zero-order chi connectivity index (χ0) is 22.5. The van der Waals surface area contributed by atoms with E-state index in [0.717, 1.165) is 22.4 Å². The van der Waals surface area contributed by atoms with Crippen LogP contribution >= 0.6 is 0 Å². The number of aryl methyl sites for hydroxylation is 1. The molecule has 0 aliphatic rings. The first-order valence-electron chi connectivity index (χ1n) is 9.97. The van der Waals surface area contributed by atoms with Gasteiger partial charge in [0.2, 0.25) is 5.71 Å². The molecule has 5 rings (SSSR count). The third kappa shape index (κ3) is 3.40. The van der Waals surface area contributed by atoms with Gasteiger partial charge in [0, 0.05) is 17.4 Å². The normalized spacial score (nSPS) is 11.8. The van der Waals surface area contributed by atoms with Gasteiger partial charge >= 0.3 is 0 Å². The smallest absolute Gasteiger partial charge is 0.230 e. The summed E-state index contributed by atoms with van der Waals surface area (Å²) in [6.07, 6.45) is 1.17. The summed E-state index contributed by atoms with van der Waals surface area (Å²) in [6.45, 7) is 1.88. The van der Waals surface area contributed by atoms with Crippen molar-refractivity contribution in [3.63, 3.8) is 0 Å². The van der Waals surface area contributed by atoms with Crippen molar-refractivity contribution in [1.29, 1.82) is 0 Å². The molecule has 0 unspecified atom stereocenters. The number of benzene rings is 3. The van der Waals surface area contributed by atoms with Gasteiger partial charge in [-0.05, 0) is 36.8 Å². The molecule has 0 N–H and O–H groups in total. The number of fused-ring (bicyclic) bond motifs is 1. The Balaban J connectivity index is 1.79. The molecule has 0 saturated carbocycles. The monoisotopic (exact) mass is 446 g/mol. The van der Waals surface area contributed by atoms with Gasteiger partial charge < -0.3 is 4.42 Å². The predicted octanol–water partition coefficient (Wildman–Crippen LogP) is 5.78. The van der Waals surface area contributed by atoms with Gasteiger partial charge in [-0.15, -0.1) is 0 Å². The Kier molecular flexibility index (Phi) is 4.71. The van der Waals surface area contributed by atoms with E-state index in [0.29, 0.717) is 22.7 Å². The Bertz CT molecular complexity index is 1530. The van der Waals surface area contributed by atoms with E-state index in [2.05, 4.69) is 0 Å². The number of aromatic nitrogens is 2. The van der Waals surface area contributed by atoms with E-state index in [4.69, 9.17) is 9.52 Å². The minimum atomic E-state index is -3.32. The second-order valence-electron chi connectivity index (χ2n) is 7.62. The van der Waals surface area contributed by atoms with Gasteiger partial charge in [-0.1, -0.05) is 54.6 Å². The van der Waals surface area contributed by atoms with Crippen LogP contribution in [0.1, 0.15) is 5.76 Å². The van der Waals surface area contributed by atoms with Crippen molar-refractivity contribution < 1.29 is 17.2 Å². The van der Waals surface area contributed by atoms with Crippen molar-refractivity contribution in [1.82, 2.24) is 9.61 Å². The van der Waals surface area contributed by atoms with Crippen LogP contribution in [0.4, 0.5) is 4.39 Å². The fourth-order valence-corrected chi connectivity index (χ4v) is 4.48. The third-order valence-electron chi connectivity index (χ3n) is 5.37. The first-order valence-corrected chi connectivity index (χ1v) is 11.9. The van der Waals surface area contributed by atoms with Crippen LogP contribution in [0.15, 0.2) is 88.2 Å². The Morgan fingerprint density at radius 1 is 0.844 bits per heavy atom. The lowest BCUT2D eigenvalue weighted by Gasteiger charge is -2.05. The molecular weight excluding hydrogens is 427 g/mol. The number of hydrogen-bond donors (Lipinski definition) is 0. The molecule has 160 valence electrons. The van der Waals surface area contributed by atoms with Gasteiger partial charge in [0.15, 0.2) is 9.84 Å². The number of halogens is 1. The highest BCUT2D eigenvalue weighted by Crippen LogP contribution is 2.39. The van der Waals surface area contributed by atoms with Crippen molar-refractivity contribution in [3.05, 3.63) is 90.4 Å². The number of hydrogen-bond acceptors (Lipinski definition) is 4. The first kappa shape index (κ1) is 20.2. The van der Waals surface area contributed by atoms with Crippen molar-refractivity contribution in [2.24, 2.45) is 0 Å². The van der Waals surface area contributed by atoms with Gasteiger partial charge in [-0.3, -0.25) is 0 Å². The third-order valence-corrected chi connectivity index (χ3v) is 6.50. The van der Waals surface area contributed by atoms with E-state index in [1.165, 1.54) is 18.4 Å². The molecule has 2 aromatic heterocycles. The molecule has 0 atom stereocenters. The van der Waals surface area contributed by atoms with Crippen molar-refractivity contribution in [2.45, 2.75) is 11.8 Å². The maximum absolute atomic E-state index is 13.6. The van der Waals surface area contributed by atoms with Crippen molar-refractivity contribution in [2.75, 3.05) is 6.26 Å². The summed E-state index contributed by atoms with van der Waals surface area (Å²) < 4.78 is 45.3. The van der Waals surface area contributed by atoms with Crippen LogP contribution in [0.5, 0.6) is 0 Å². The highest BCUT2D eigenvalue weighted by atomic mass is 32.2. The van der Waals surface area contributed by atoms with E-state index in [-0.39, 0.29) is 10.7 Å². The summed E-state index contributed by atoms with van der Waals surface area (Å²) in [7, 11) is -3.32. The Hall–Kier alpha value is -3.71. The Morgan fingerprint density at radius 2 is 1.47 bits per heavy atom. The molecule has 5 nitrogen and oxygen atoms in total. The number of rotatable bonds is 4. The van der Waals surface area contributed by atoms with Crippen LogP contribution in [0.2, 0.25) is 0 Å². The first-order chi connectivity index (χ1) is 15.3. The van der Waals surface area contributed by atoms with Gasteiger partial charge in [0.1, 0.15) is 23.0 Å². The average Bonchev–Trinajstić information content (AvgIpc) is 3.29. The van der Waals surface area contributed by atoms with E-state index in [1.807, 2.05) is 37.3 Å². The molecule has 0 amide bonds. The fourth-order valence-electron chi connectivity index (χ4n) is 3.85. The molecule has 3 aromatic carbocycles. The van der Waals surface area contributed by atoms with Crippen LogP contribution in [-0.4, -0.2) is 24.3 Å². The number of oxazole rings is 1. The zero-order valence-electron chi connectivity index (χ0n) is 17.4. The standard InChI is InChI=1S/C25H19FN2O3S/c1-16-24(19-6-4-3-5-7-19)28-25(31-16)22(17-8-12-20(26)13-9-17)23(27-28)18-10-14-21(15-11-18)32(2,29)30/h3-15H,1-2H3. The quantitative estimate of drug-likeness (QED) is 0.351. The zero-order valence-corrected chi connectivity index (χ0v) is 18.2. The average molecular weight is 447 g/mol. The van der Waals surface area contributed by atoms with Gasteiger partial charge in [0.25, 0.3) is 0 Å². The summed E-state index contributed by atoms with van der Waals surface area (Å²) in [5.74, 6) is 0.373. The summed E-state index contributed by atoms with van der Waals surface area (Å²) in [5.41, 5.74) is 5.12. The van der Waals surface area contributed by atoms with Crippen LogP contribution in [-0.2, 0) is 9.84 Å². The summed E-state index contributed by atoms with van der Waals surface area (Å²) in [5, 5.41) is 4.85. The molecule has 2 heterocycles. The molecule has 0 saturated heterocycles. The van der Waals surface area contributed by atoms with Crippen molar-refractivity contribution >= 4 is 15.6 Å². The molecule has 0 spiro atoms. The second kappa shape index (κ2) is 7.46. The van der Waals surface area contributed by atoms with Crippen LogP contribution in [0.25, 0.3) is 39.4 Å². The topological polar surface area (TPSA) is 64.6 Å². The molecule has 32 heavy (non-hydrogen) atoms. The molecule has 5 aromatic rings. The van der Waals surface area contributed by atoms with Gasteiger partial charge in [-0.25, -0.2) is 12.8 Å². The lowest BCUT2D eigenvalue weighted by Crippen LogP contribution is -1.96. The van der Waals surface area contributed by atoms with E-state index in [9.17, 15) is 12.8 Å². The summed E-state index contributed by atoms with van der Waals surface area (Å²) >= 11 is 0. The van der Waals surface area contributed by atoms with E-state index >= 15 is 0 Å². The minimum Gasteiger partial charge on any atom is -0.441 e. The predicted molar refractivity (Wildman–Crippen MR) is 122 cm³/mol. The molecule has 0 fully saturated rings. The number of nitrogens with zero attached hydrogens (tertiary/aromatic N) is 2. The largest absolute Gasteiger partial charge is 0.441 e. The van der Waals surface area contributed by atoms with Crippen LogP contribution in [0.3, 0.4) is 0 Å². The fraction of sp³-hybridized carbons (Fsp3) is 0.0800. The Labute approximate surface area is 184 Å². The molecule has 0 bridgehead atoms. The summed E-state index contributed by atoms with van der Waals surface area (Å²) in [6, 6.07) is 22.5. The maximum atomic E-state index is 13.6. The lowest BCUT2D eigenvalue weighted by molar-refractivity contribution is 0.574. The molecule has 0 radical (unpaired) electrons. The number of sulfone groups is 1. The second-order valence-corrected chi connectivity index (χ2v) is 9.63. The lowest BCUT2D eigenvalue weighted by atomic mass is 10.0. The van der Waals surface area contributed by atoms with Gasteiger partial charge in [-0.2, -0.15) is 9.61 Å². The van der Waals surface area contributed by atoms with E-state index in [1.54, 1.807) is 40.9 Å². The highest BCUT2D eigenvalue weighted by molar-refractivity contribution is 7.90. The molecular formula is C25H19FN2O3S. The van der Waals surface area contributed by atoms with Crippen LogP contribution in [0, 0.1) is 12.7 Å².